The zero-order valence-corrected chi connectivity index (χ0v) is 16.1. The van der Waals surface area contributed by atoms with Gasteiger partial charge in [-0.2, -0.15) is 4.98 Å². The highest BCUT2D eigenvalue weighted by Gasteiger charge is 2.17. The lowest BCUT2D eigenvalue weighted by Crippen LogP contribution is -2.44. The molecule has 0 amide bonds. The molecule has 1 atom stereocenters. The third-order valence-electron chi connectivity index (χ3n) is 4.85. The summed E-state index contributed by atoms with van der Waals surface area (Å²) in [5.74, 6) is 2.04. The van der Waals surface area contributed by atoms with Crippen molar-refractivity contribution in [3.63, 3.8) is 0 Å². The highest BCUT2D eigenvalue weighted by atomic mass is 16.5. The number of nitrogens with zero attached hydrogens (tertiary/aromatic N) is 4. The lowest BCUT2D eigenvalue weighted by molar-refractivity contribution is 0.355. The third-order valence-corrected chi connectivity index (χ3v) is 4.85. The Kier molecular flexibility index (Phi) is 5.23. The van der Waals surface area contributed by atoms with Gasteiger partial charge in [0.25, 0.3) is 0 Å². The van der Waals surface area contributed by atoms with Gasteiger partial charge in [-0.1, -0.05) is 6.07 Å². The van der Waals surface area contributed by atoms with Crippen LogP contribution >= 0.6 is 0 Å². The summed E-state index contributed by atoms with van der Waals surface area (Å²) in [5, 5.41) is 4.15. The maximum absolute atomic E-state index is 6.06. The van der Waals surface area contributed by atoms with Gasteiger partial charge >= 0.3 is 0 Å². The van der Waals surface area contributed by atoms with E-state index in [0.717, 1.165) is 36.0 Å². The standard InChI is InChI=1S/C20H24N6O2/c1-27-16-5-4-13(9-17(16)28-2)14-8-15-11-24-20(25-19(15)23-10-14)26-7-3-6-22-18(21)12-26/h4-5,8-11,18,22H,3,6-7,12,21H2,1-2H3. The average Bonchev–Trinajstić information content (AvgIpc) is 2.96. The molecule has 4 rings (SSSR count). The number of ether oxygens (including phenoxy) is 2. The second-order valence-electron chi connectivity index (χ2n) is 6.74. The van der Waals surface area contributed by atoms with Crippen molar-refractivity contribution in [3.05, 3.63) is 36.7 Å². The zero-order valence-electron chi connectivity index (χ0n) is 16.1. The summed E-state index contributed by atoms with van der Waals surface area (Å²) >= 11 is 0. The number of methoxy groups -OCH3 is 2. The number of anilines is 1. The van der Waals surface area contributed by atoms with Gasteiger partial charge in [0, 0.05) is 36.4 Å². The molecule has 3 N–H and O–H groups in total. The fourth-order valence-electron chi connectivity index (χ4n) is 3.37. The molecule has 1 fully saturated rings. The molecule has 0 aliphatic carbocycles. The van der Waals surface area contributed by atoms with Crippen LogP contribution < -0.4 is 25.4 Å². The second kappa shape index (κ2) is 7.95. The number of pyridine rings is 1. The minimum atomic E-state index is -0.0813. The van der Waals surface area contributed by atoms with E-state index in [2.05, 4.69) is 25.2 Å². The first-order chi connectivity index (χ1) is 13.7. The summed E-state index contributed by atoms with van der Waals surface area (Å²) in [6.45, 7) is 2.45. The average molecular weight is 380 g/mol. The maximum Gasteiger partial charge on any atom is 0.227 e. The Bertz CT molecular complexity index is 980. The summed E-state index contributed by atoms with van der Waals surface area (Å²) in [6.07, 6.45) is 4.55. The van der Waals surface area contributed by atoms with Crippen molar-refractivity contribution in [1.29, 1.82) is 0 Å². The van der Waals surface area contributed by atoms with Crippen molar-refractivity contribution < 1.29 is 9.47 Å². The molecule has 146 valence electrons. The summed E-state index contributed by atoms with van der Waals surface area (Å²) in [5.41, 5.74) is 8.68. The molecule has 1 saturated heterocycles. The van der Waals surface area contributed by atoms with E-state index in [4.69, 9.17) is 15.2 Å². The molecule has 1 aromatic carbocycles. The van der Waals surface area contributed by atoms with E-state index >= 15 is 0 Å². The number of aromatic nitrogens is 3. The topological polar surface area (TPSA) is 98.4 Å². The molecule has 1 aliphatic heterocycles. The first kappa shape index (κ1) is 18.4. The summed E-state index contributed by atoms with van der Waals surface area (Å²) < 4.78 is 10.7. The number of nitrogens with two attached hydrogens (primary N) is 1. The van der Waals surface area contributed by atoms with E-state index < -0.39 is 0 Å². The lowest BCUT2D eigenvalue weighted by Gasteiger charge is -2.22. The van der Waals surface area contributed by atoms with Gasteiger partial charge in [0.05, 0.1) is 20.4 Å². The molecule has 3 aromatic rings. The maximum atomic E-state index is 6.06. The van der Waals surface area contributed by atoms with Crippen molar-refractivity contribution >= 4 is 17.0 Å². The molecule has 8 nitrogen and oxygen atoms in total. The lowest BCUT2D eigenvalue weighted by atomic mass is 10.1. The smallest absolute Gasteiger partial charge is 0.227 e. The van der Waals surface area contributed by atoms with E-state index in [1.807, 2.05) is 36.7 Å². The molecular formula is C20H24N6O2. The SMILES string of the molecule is COc1ccc(-c2cnc3nc(N4CCCNC(N)C4)ncc3c2)cc1OC. The molecule has 1 aliphatic rings. The van der Waals surface area contributed by atoms with E-state index in [0.29, 0.717) is 29.6 Å². The van der Waals surface area contributed by atoms with Crippen LogP contribution in [0.4, 0.5) is 5.95 Å². The Morgan fingerprint density at radius 3 is 2.75 bits per heavy atom. The van der Waals surface area contributed by atoms with Crippen LogP contribution in [-0.2, 0) is 0 Å². The van der Waals surface area contributed by atoms with Crippen LogP contribution in [0.15, 0.2) is 36.7 Å². The van der Waals surface area contributed by atoms with Gasteiger partial charge in [-0.25, -0.2) is 9.97 Å². The van der Waals surface area contributed by atoms with Gasteiger partial charge in [-0.15, -0.1) is 0 Å². The van der Waals surface area contributed by atoms with E-state index in [1.165, 1.54) is 0 Å². The highest BCUT2D eigenvalue weighted by molar-refractivity contribution is 5.81. The largest absolute Gasteiger partial charge is 0.493 e. The number of hydrogen-bond acceptors (Lipinski definition) is 8. The molecule has 1 unspecified atom stereocenters. The van der Waals surface area contributed by atoms with Crippen molar-refractivity contribution in [3.8, 4) is 22.6 Å². The Balaban J connectivity index is 1.65. The predicted molar refractivity (Wildman–Crippen MR) is 109 cm³/mol. The van der Waals surface area contributed by atoms with Gasteiger partial charge in [0.2, 0.25) is 5.95 Å². The molecule has 28 heavy (non-hydrogen) atoms. The monoisotopic (exact) mass is 380 g/mol. The number of fused-ring (bicyclic) bond motifs is 1. The number of hydrogen-bond donors (Lipinski definition) is 2. The predicted octanol–water partition coefficient (Wildman–Crippen LogP) is 1.79. The van der Waals surface area contributed by atoms with Crippen LogP contribution in [-0.4, -0.2) is 55.0 Å². The van der Waals surface area contributed by atoms with Gasteiger partial charge in [0.15, 0.2) is 17.1 Å². The molecule has 3 heterocycles. The Morgan fingerprint density at radius 2 is 1.93 bits per heavy atom. The molecule has 0 spiro atoms. The quantitative estimate of drug-likeness (QED) is 0.707. The first-order valence-electron chi connectivity index (χ1n) is 9.27. The summed E-state index contributed by atoms with van der Waals surface area (Å²) in [6, 6.07) is 7.82. The van der Waals surface area contributed by atoms with E-state index in [1.54, 1.807) is 14.2 Å². The van der Waals surface area contributed by atoms with Crippen LogP contribution in [0.1, 0.15) is 6.42 Å². The van der Waals surface area contributed by atoms with Crippen molar-refractivity contribution in [2.75, 3.05) is 38.8 Å². The number of nitrogens with one attached hydrogen (secondary N) is 1. The van der Waals surface area contributed by atoms with Gasteiger partial charge in [-0.05, 0) is 36.7 Å². The van der Waals surface area contributed by atoms with E-state index in [-0.39, 0.29) is 6.17 Å². The molecule has 8 heteroatoms. The number of rotatable bonds is 4. The molecule has 0 saturated carbocycles. The normalized spacial score (nSPS) is 17.4. The second-order valence-corrected chi connectivity index (χ2v) is 6.74. The van der Waals surface area contributed by atoms with Crippen molar-refractivity contribution in [2.24, 2.45) is 5.73 Å². The Hall–Kier alpha value is -2.97. The van der Waals surface area contributed by atoms with Crippen LogP contribution in [0.3, 0.4) is 0 Å². The minimum absolute atomic E-state index is 0.0813. The zero-order chi connectivity index (χ0) is 19.5. The van der Waals surface area contributed by atoms with Crippen molar-refractivity contribution in [2.45, 2.75) is 12.6 Å². The van der Waals surface area contributed by atoms with Gasteiger partial charge in [0.1, 0.15) is 0 Å². The van der Waals surface area contributed by atoms with Crippen LogP contribution in [0.25, 0.3) is 22.2 Å². The Morgan fingerprint density at radius 1 is 1.07 bits per heavy atom. The highest BCUT2D eigenvalue weighted by Crippen LogP contribution is 2.32. The van der Waals surface area contributed by atoms with Gasteiger partial charge in [-0.3, -0.25) is 0 Å². The molecular weight excluding hydrogens is 356 g/mol. The van der Waals surface area contributed by atoms with Crippen molar-refractivity contribution in [1.82, 2.24) is 20.3 Å². The molecule has 2 aromatic heterocycles. The van der Waals surface area contributed by atoms with E-state index in [9.17, 15) is 0 Å². The third kappa shape index (κ3) is 3.69. The Labute approximate surface area is 163 Å². The molecule has 0 radical (unpaired) electrons. The minimum Gasteiger partial charge on any atom is -0.493 e. The van der Waals surface area contributed by atoms with Gasteiger partial charge < -0.3 is 25.4 Å². The van der Waals surface area contributed by atoms with Crippen LogP contribution in [0, 0.1) is 0 Å². The van der Waals surface area contributed by atoms with Crippen LogP contribution in [0.2, 0.25) is 0 Å². The molecule has 0 bridgehead atoms. The fraction of sp³-hybridized carbons (Fsp3) is 0.350. The fourth-order valence-corrected chi connectivity index (χ4v) is 3.37. The first-order valence-corrected chi connectivity index (χ1v) is 9.27. The number of benzene rings is 1. The van der Waals surface area contributed by atoms with Crippen LogP contribution in [0.5, 0.6) is 11.5 Å². The summed E-state index contributed by atoms with van der Waals surface area (Å²) in [4.78, 5) is 15.9. The summed E-state index contributed by atoms with van der Waals surface area (Å²) in [7, 11) is 3.25.